The second-order valence-corrected chi connectivity index (χ2v) is 7.40. The molecular weight excluding hydrogens is 342 g/mol. The van der Waals surface area contributed by atoms with Crippen LogP contribution in [-0.2, 0) is 4.74 Å². The molecule has 142 valence electrons. The number of rotatable bonds is 4. The van der Waals surface area contributed by atoms with E-state index in [2.05, 4.69) is 0 Å². The quantitative estimate of drug-likeness (QED) is 0.799. The number of benzene rings is 1. The van der Waals surface area contributed by atoms with Crippen molar-refractivity contribution in [3.8, 4) is 11.8 Å². The smallest absolute Gasteiger partial charge is 0.410 e. The first-order valence-electron chi connectivity index (χ1n) is 8.70. The molecule has 0 N–H and O–H groups in total. The second kappa shape index (κ2) is 8.35. The van der Waals surface area contributed by atoms with Gasteiger partial charge in [0.05, 0.1) is 12.2 Å². The van der Waals surface area contributed by atoms with E-state index in [0.717, 1.165) is 12.8 Å². The van der Waals surface area contributed by atoms with Gasteiger partial charge < -0.3 is 14.4 Å². The zero-order valence-corrected chi connectivity index (χ0v) is 15.3. The molecule has 26 heavy (non-hydrogen) atoms. The van der Waals surface area contributed by atoms with Crippen molar-refractivity contribution in [1.82, 2.24) is 4.90 Å². The van der Waals surface area contributed by atoms with Crippen molar-refractivity contribution in [2.45, 2.75) is 45.6 Å². The van der Waals surface area contributed by atoms with E-state index in [9.17, 15) is 13.6 Å². The molecule has 1 heterocycles. The van der Waals surface area contributed by atoms with Crippen molar-refractivity contribution < 1.29 is 23.0 Å². The SMILES string of the molecule is CC(C)(C)OC(=O)N1CCC(CCOc2ccc(C#N)c(F)c2F)CC1. The van der Waals surface area contributed by atoms with E-state index in [1.807, 2.05) is 20.8 Å². The summed E-state index contributed by atoms with van der Waals surface area (Å²) in [4.78, 5) is 13.7. The minimum atomic E-state index is -1.18. The number of amides is 1. The van der Waals surface area contributed by atoms with Gasteiger partial charge in [-0.2, -0.15) is 9.65 Å². The predicted molar refractivity (Wildman–Crippen MR) is 91.7 cm³/mol. The van der Waals surface area contributed by atoms with Crippen LogP contribution in [0.15, 0.2) is 12.1 Å². The van der Waals surface area contributed by atoms with E-state index >= 15 is 0 Å². The Labute approximate surface area is 152 Å². The maximum atomic E-state index is 13.8. The number of hydrogen-bond acceptors (Lipinski definition) is 4. The van der Waals surface area contributed by atoms with Gasteiger partial charge >= 0.3 is 6.09 Å². The monoisotopic (exact) mass is 366 g/mol. The van der Waals surface area contributed by atoms with Gasteiger partial charge in [-0.3, -0.25) is 0 Å². The van der Waals surface area contributed by atoms with E-state index in [1.165, 1.54) is 12.1 Å². The number of carbonyl (C=O) groups excluding carboxylic acids is 1. The fraction of sp³-hybridized carbons (Fsp3) is 0.579. The van der Waals surface area contributed by atoms with Crippen LogP contribution in [-0.4, -0.2) is 36.3 Å². The molecule has 1 aliphatic heterocycles. The van der Waals surface area contributed by atoms with Crippen molar-refractivity contribution in [3.05, 3.63) is 29.3 Å². The van der Waals surface area contributed by atoms with Crippen molar-refractivity contribution >= 4 is 6.09 Å². The Balaban J connectivity index is 1.77. The predicted octanol–water partition coefficient (Wildman–Crippen LogP) is 4.25. The molecule has 0 radical (unpaired) electrons. The van der Waals surface area contributed by atoms with Crippen LogP contribution in [0.1, 0.15) is 45.6 Å². The lowest BCUT2D eigenvalue weighted by Gasteiger charge is -2.33. The van der Waals surface area contributed by atoms with Gasteiger partial charge in [-0.05, 0) is 58.1 Å². The molecule has 0 aromatic heterocycles. The Morgan fingerprint density at radius 2 is 1.92 bits per heavy atom. The fourth-order valence-electron chi connectivity index (χ4n) is 2.80. The highest BCUT2D eigenvalue weighted by molar-refractivity contribution is 5.68. The van der Waals surface area contributed by atoms with Crippen molar-refractivity contribution in [2.24, 2.45) is 5.92 Å². The van der Waals surface area contributed by atoms with Crippen LogP contribution >= 0.6 is 0 Å². The van der Waals surface area contributed by atoms with E-state index < -0.39 is 17.2 Å². The summed E-state index contributed by atoms with van der Waals surface area (Å²) in [7, 11) is 0. The average Bonchev–Trinajstić information content (AvgIpc) is 2.58. The Hall–Kier alpha value is -2.36. The van der Waals surface area contributed by atoms with Crippen LogP contribution in [0.25, 0.3) is 0 Å². The highest BCUT2D eigenvalue weighted by Gasteiger charge is 2.26. The van der Waals surface area contributed by atoms with Gasteiger partial charge in [-0.15, -0.1) is 0 Å². The summed E-state index contributed by atoms with van der Waals surface area (Å²) in [5, 5.41) is 8.67. The zero-order chi connectivity index (χ0) is 19.3. The van der Waals surface area contributed by atoms with Crippen molar-refractivity contribution in [3.63, 3.8) is 0 Å². The zero-order valence-electron chi connectivity index (χ0n) is 15.3. The van der Waals surface area contributed by atoms with Gasteiger partial charge in [0.25, 0.3) is 0 Å². The normalized spacial score (nSPS) is 15.5. The lowest BCUT2D eigenvalue weighted by atomic mass is 9.94. The van der Waals surface area contributed by atoms with Gasteiger partial charge in [0.2, 0.25) is 5.82 Å². The van der Waals surface area contributed by atoms with E-state index in [0.29, 0.717) is 25.4 Å². The first kappa shape index (κ1) is 20.0. The standard InChI is InChI=1S/C19H24F2N2O3/c1-19(2,3)26-18(24)23-9-6-13(7-10-23)8-11-25-15-5-4-14(12-22)16(20)17(15)21/h4-5,13H,6-11H2,1-3H3. The highest BCUT2D eigenvalue weighted by atomic mass is 19.2. The molecule has 1 aromatic rings. The molecule has 7 heteroatoms. The minimum absolute atomic E-state index is 0.187. The summed E-state index contributed by atoms with van der Waals surface area (Å²) in [5.74, 6) is -2.16. The van der Waals surface area contributed by atoms with Crippen LogP contribution in [0.4, 0.5) is 13.6 Å². The third-order valence-corrected chi connectivity index (χ3v) is 4.22. The first-order chi connectivity index (χ1) is 12.2. The maximum Gasteiger partial charge on any atom is 0.410 e. The number of ether oxygens (including phenoxy) is 2. The number of carbonyl (C=O) groups is 1. The number of nitriles is 1. The Morgan fingerprint density at radius 1 is 1.27 bits per heavy atom. The van der Waals surface area contributed by atoms with Crippen LogP contribution in [0.2, 0.25) is 0 Å². The van der Waals surface area contributed by atoms with Crippen LogP contribution in [0.3, 0.4) is 0 Å². The molecule has 1 amide bonds. The van der Waals surface area contributed by atoms with E-state index in [4.69, 9.17) is 14.7 Å². The molecule has 1 fully saturated rings. The number of nitrogens with zero attached hydrogens (tertiary/aromatic N) is 2. The molecule has 1 saturated heterocycles. The number of piperidine rings is 1. The van der Waals surface area contributed by atoms with Gasteiger partial charge in [-0.1, -0.05) is 0 Å². The average molecular weight is 366 g/mol. The Bertz CT molecular complexity index is 687. The van der Waals surface area contributed by atoms with Gasteiger partial charge in [0.1, 0.15) is 11.7 Å². The Kier molecular flexibility index (Phi) is 6.41. The molecular formula is C19H24F2N2O3. The first-order valence-corrected chi connectivity index (χ1v) is 8.70. The Morgan fingerprint density at radius 3 is 2.50 bits per heavy atom. The lowest BCUT2D eigenvalue weighted by Crippen LogP contribution is -2.41. The van der Waals surface area contributed by atoms with Gasteiger partial charge in [0, 0.05) is 13.1 Å². The molecule has 0 unspecified atom stereocenters. The number of hydrogen-bond donors (Lipinski definition) is 0. The topological polar surface area (TPSA) is 62.6 Å². The van der Waals surface area contributed by atoms with Gasteiger partial charge in [0.15, 0.2) is 11.6 Å². The molecule has 5 nitrogen and oxygen atoms in total. The molecule has 1 aromatic carbocycles. The van der Waals surface area contributed by atoms with Gasteiger partial charge in [-0.25, -0.2) is 9.18 Å². The number of halogens is 2. The second-order valence-electron chi connectivity index (χ2n) is 7.40. The summed E-state index contributed by atoms with van der Waals surface area (Å²) < 4.78 is 38.0. The molecule has 1 aliphatic rings. The van der Waals surface area contributed by atoms with Crippen molar-refractivity contribution in [2.75, 3.05) is 19.7 Å². The summed E-state index contributed by atoms with van der Waals surface area (Å²) in [5.41, 5.74) is -0.855. The third-order valence-electron chi connectivity index (χ3n) is 4.22. The molecule has 0 atom stereocenters. The molecule has 0 bridgehead atoms. The maximum absolute atomic E-state index is 13.8. The van der Waals surface area contributed by atoms with E-state index in [1.54, 1.807) is 11.0 Å². The summed E-state index contributed by atoms with van der Waals surface area (Å²) in [6.45, 7) is 6.97. The highest BCUT2D eigenvalue weighted by Crippen LogP contribution is 2.25. The van der Waals surface area contributed by atoms with E-state index in [-0.39, 0.29) is 24.0 Å². The molecule has 2 rings (SSSR count). The number of likely N-dealkylation sites (tertiary alicyclic amines) is 1. The summed E-state index contributed by atoms with van der Waals surface area (Å²) >= 11 is 0. The third kappa shape index (κ3) is 5.32. The molecule has 0 spiro atoms. The summed E-state index contributed by atoms with van der Waals surface area (Å²) in [6, 6.07) is 4.05. The molecule has 0 aliphatic carbocycles. The minimum Gasteiger partial charge on any atom is -0.490 e. The molecule has 0 saturated carbocycles. The fourth-order valence-corrected chi connectivity index (χ4v) is 2.80. The van der Waals surface area contributed by atoms with Crippen LogP contribution in [0, 0.1) is 28.9 Å². The van der Waals surface area contributed by atoms with Crippen LogP contribution in [0.5, 0.6) is 5.75 Å². The lowest BCUT2D eigenvalue weighted by molar-refractivity contribution is 0.0177. The summed E-state index contributed by atoms with van der Waals surface area (Å²) in [6.07, 6.45) is 2.00. The van der Waals surface area contributed by atoms with Crippen molar-refractivity contribution in [1.29, 1.82) is 5.26 Å². The largest absolute Gasteiger partial charge is 0.490 e. The van der Waals surface area contributed by atoms with Crippen LogP contribution < -0.4 is 4.74 Å².